The van der Waals surface area contributed by atoms with Gasteiger partial charge in [-0.1, -0.05) is 50.3 Å². The Morgan fingerprint density at radius 3 is 2.60 bits per heavy atom. The Hall–Kier alpha value is -1.50. The molecule has 0 bridgehead atoms. The average molecular weight is 199 g/mol. The second-order valence-electron chi connectivity index (χ2n) is 4.68. The van der Waals surface area contributed by atoms with Crippen molar-refractivity contribution in [2.75, 3.05) is 5.73 Å². The summed E-state index contributed by atoms with van der Waals surface area (Å²) in [6, 6.07) is 8.08. The van der Waals surface area contributed by atoms with E-state index in [4.69, 9.17) is 5.73 Å². The van der Waals surface area contributed by atoms with E-state index in [9.17, 15) is 0 Å². The zero-order valence-corrected chi connectivity index (χ0v) is 9.33. The molecule has 1 aromatic carbocycles. The molecule has 1 aliphatic rings. The van der Waals surface area contributed by atoms with E-state index in [1.807, 2.05) is 18.2 Å². The molecule has 1 aromatic rings. The zero-order chi connectivity index (χ0) is 10.9. The molecule has 1 heteroatoms. The first-order valence-corrected chi connectivity index (χ1v) is 5.33. The van der Waals surface area contributed by atoms with Crippen molar-refractivity contribution in [1.82, 2.24) is 0 Å². The summed E-state index contributed by atoms with van der Waals surface area (Å²) in [5.41, 5.74) is 9.57. The minimum absolute atomic E-state index is 0.185. The van der Waals surface area contributed by atoms with Gasteiger partial charge >= 0.3 is 0 Å². The minimum Gasteiger partial charge on any atom is -0.398 e. The van der Waals surface area contributed by atoms with E-state index in [0.717, 1.165) is 12.1 Å². The Morgan fingerprint density at radius 2 is 1.93 bits per heavy atom. The van der Waals surface area contributed by atoms with Crippen molar-refractivity contribution in [1.29, 1.82) is 0 Å². The van der Waals surface area contributed by atoms with Gasteiger partial charge in [0.15, 0.2) is 0 Å². The first kappa shape index (κ1) is 10.0. The van der Waals surface area contributed by atoms with E-state index in [1.165, 1.54) is 11.1 Å². The highest BCUT2D eigenvalue weighted by molar-refractivity contribution is 5.79. The van der Waals surface area contributed by atoms with E-state index < -0.39 is 0 Å². The van der Waals surface area contributed by atoms with Gasteiger partial charge in [-0.25, -0.2) is 0 Å². The summed E-state index contributed by atoms with van der Waals surface area (Å²) >= 11 is 0. The highest BCUT2D eigenvalue weighted by Gasteiger charge is 2.25. The molecule has 0 heterocycles. The maximum atomic E-state index is 6.01. The van der Waals surface area contributed by atoms with Crippen molar-refractivity contribution in [3.05, 3.63) is 48.1 Å². The first-order valence-electron chi connectivity index (χ1n) is 5.33. The molecule has 0 saturated heterocycles. The van der Waals surface area contributed by atoms with Gasteiger partial charge in [-0.15, -0.1) is 0 Å². The van der Waals surface area contributed by atoms with Crippen LogP contribution in [0.5, 0.6) is 0 Å². The number of para-hydroxylation sites is 1. The van der Waals surface area contributed by atoms with E-state index in [2.05, 4.69) is 38.1 Å². The summed E-state index contributed by atoms with van der Waals surface area (Å²) in [4.78, 5) is 0. The van der Waals surface area contributed by atoms with Crippen molar-refractivity contribution >= 4 is 11.3 Å². The summed E-state index contributed by atoms with van der Waals surface area (Å²) < 4.78 is 0. The largest absolute Gasteiger partial charge is 0.398 e. The van der Waals surface area contributed by atoms with Crippen LogP contribution in [0.1, 0.15) is 25.8 Å². The lowest BCUT2D eigenvalue weighted by atomic mass is 9.75. The van der Waals surface area contributed by atoms with Gasteiger partial charge in [0, 0.05) is 11.3 Å². The predicted molar refractivity (Wildman–Crippen MR) is 66.4 cm³/mol. The lowest BCUT2D eigenvalue weighted by Gasteiger charge is -2.30. The van der Waals surface area contributed by atoms with Crippen molar-refractivity contribution in [2.45, 2.75) is 20.3 Å². The molecule has 0 saturated carbocycles. The summed E-state index contributed by atoms with van der Waals surface area (Å²) in [5.74, 6) is 0. The van der Waals surface area contributed by atoms with Crippen LogP contribution < -0.4 is 5.73 Å². The van der Waals surface area contributed by atoms with Crippen molar-refractivity contribution in [2.24, 2.45) is 5.41 Å². The van der Waals surface area contributed by atoms with Crippen molar-refractivity contribution in [3.8, 4) is 0 Å². The van der Waals surface area contributed by atoms with Crippen LogP contribution in [0.3, 0.4) is 0 Å². The molecular weight excluding hydrogens is 182 g/mol. The fourth-order valence-electron chi connectivity index (χ4n) is 2.06. The number of rotatable bonds is 1. The third-order valence-corrected chi connectivity index (χ3v) is 3.01. The third kappa shape index (κ3) is 1.82. The summed E-state index contributed by atoms with van der Waals surface area (Å²) in [5, 5.41) is 0. The second kappa shape index (κ2) is 3.58. The van der Waals surface area contributed by atoms with E-state index in [-0.39, 0.29) is 5.41 Å². The monoisotopic (exact) mass is 199 g/mol. The maximum Gasteiger partial charge on any atom is 0.0390 e. The Balaban J connectivity index is 2.51. The second-order valence-corrected chi connectivity index (χ2v) is 4.68. The highest BCUT2D eigenvalue weighted by atomic mass is 14.6. The molecule has 78 valence electrons. The van der Waals surface area contributed by atoms with Crippen LogP contribution in [0.25, 0.3) is 5.57 Å². The normalized spacial score (nSPS) is 18.7. The Morgan fingerprint density at radius 1 is 1.20 bits per heavy atom. The fraction of sp³-hybridized carbons (Fsp3) is 0.286. The summed E-state index contributed by atoms with van der Waals surface area (Å²) in [6.45, 7) is 4.52. The molecule has 1 aliphatic carbocycles. The van der Waals surface area contributed by atoms with Crippen LogP contribution in [-0.4, -0.2) is 0 Å². The molecule has 0 amide bonds. The lowest BCUT2D eigenvalue weighted by molar-refractivity contribution is 0.506. The smallest absolute Gasteiger partial charge is 0.0390 e. The molecule has 0 radical (unpaired) electrons. The van der Waals surface area contributed by atoms with Gasteiger partial charge in [0.25, 0.3) is 0 Å². The Labute approximate surface area is 91.3 Å². The molecule has 2 N–H and O–H groups in total. The number of hydrogen-bond acceptors (Lipinski definition) is 1. The standard InChI is InChI=1S/C14H17N/c1-14(2)10-6-5-8-12(14)11-7-3-4-9-13(11)15/h3-9H,10,15H2,1-2H3. The first-order chi connectivity index (χ1) is 7.11. The van der Waals surface area contributed by atoms with Crippen LogP contribution in [0.2, 0.25) is 0 Å². The molecule has 0 aliphatic heterocycles. The van der Waals surface area contributed by atoms with Gasteiger partial charge < -0.3 is 5.73 Å². The SMILES string of the molecule is CC1(C)CC=CC=C1c1ccccc1N. The fourth-order valence-corrected chi connectivity index (χ4v) is 2.06. The van der Waals surface area contributed by atoms with E-state index in [0.29, 0.717) is 0 Å². The van der Waals surface area contributed by atoms with Gasteiger partial charge in [-0.3, -0.25) is 0 Å². The number of allylic oxidation sites excluding steroid dienone is 4. The molecular formula is C14H17N. The zero-order valence-electron chi connectivity index (χ0n) is 9.33. The van der Waals surface area contributed by atoms with Crippen LogP contribution >= 0.6 is 0 Å². The molecule has 15 heavy (non-hydrogen) atoms. The molecule has 0 fully saturated rings. The van der Waals surface area contributed by atoms with Crippen LogP contribution in [-0.2, 0) is 0 Å². The number of anilines is 1. The molecule has 0 atom stereocenters. The summed E-state index contributed by atoms with van der Waals surface area (Å²) in [6.07, 6.45) is 7.58. The number of benzene rings is 1. The number of hydrogen-bond donors (Lipinski definition) is 1. The predicted octanol–water partition coefficient (Wildman–Crippen LogP) is 3.64. The number of nitrogen functional groups attached to an aromatic ring is 1. The highest BCUT2D eigenvalue weighted by Crippen LogP contribution is 2.41. The average Bonchev–Trinajstić information content (AvgIpc) is 2.19. The molecule has 0 spiro atoms. The van der Waals surface area contributed by atoms with Crippen molar-refractivity contribution < 1.29 is 0 Å². The van der Waals surface area contributed by atoms with E-state index >= 15 is 0 Å². The van der Waals surface area contributed by atoms with Crippen LogP contribution in [0.15, 0.2) is 42.5 Å². The van der Waals surface area contributed by atoms with Crippen LogP contribution in [0, 0.1) is 5.41 Å². The van der Waals surface area contributed by atoms with Gasteiger partial charge in [0.2, 0.25) is 0 Å². The Kier molecular flexibility index (Phi) is 2.39. The topological polar surface area (TPSA) is 26.0 Å². The van der Waals surface area contributed by atoms with E-state index in [1.54, 1.807) is 0 Å². The van der Waals surface area contributed by atoms with Gasteiger partial charge in [0.1, 0.15) is 0 Å². The minimum atomic E-state index is 0.185. The maximum absolute atomic E-state index is 6.01. The molecule has 2 rings (SSSR count). The third-order valence-electron chi connectivity index (χ3n) is 3.01. The van der Waals surface area contributed by atoms with Crippen LogP contribution in [0.4, 0.5) is 5.69 Å². The molecule has 0 aromatic heterocycles. The quantitative estimate of drug-likeness (QED) is 0.686. The summed E-state index contributed by atoms with van der Waals surface area (Å²) in [7, 11) is 0. The van der Waals surface area contributed by atoms with Gasteiger partial charge in [-0.2, -0.15) is 0 Å². The Bertz CT molecular complexity index is 425. The number of nitrogens with two attached hydrogens (primary N) is 1. The van der Waals surface area contributed by atoms with Gasteiger partial charge in [0.05, 0.1) is 0 Å². The molecule has 0 unspecified atom stereocenters. The molecule has 1 nitrogen and oxygen atoms in total. The van der Waals surface area contributed by atoms with Crippen molar-refractivity contribution in [3.63, 3.8) is 0 Å². The lowest BCUT2D eigenvalue weighted by Crippen LogP contribution is -2.15. The van der Waals surface area contributed by atoms with Gasteiger partial charge in [-0.05, 0) is 23.5 Å².